The average molecular weight is 375 g/mol. The molecule has 0 bridgehead atoms. The maximum atomic E-state index is 13.2. The molecule has 3 aromatic carbocycles. The minimum absolute atomic E-state index is 0.185. The van der Waals surface area contributed by atoms with E-state index in [1.54, 1.807) is 30.3 Å². The van der Waals surface area contributed by atoms with E-state index in [2.05, 4.69) is 5.10 Å². The van der Waals surface area contributed by atoms with Crippen LogP contribution in [0.1, 0.15) is 17.3 Å². The minimum atomic E-state index is -0.319. The number of halogens is 1. The summed E-state index contributed by atoms with van der Waals surface area (Å²) in [5, 5.41) is 6.18. The highest BCUT2D eigenvalue weighted by molar-refractivity contribution is 6.33. The van der Waals surface area contributed by atoms with E-state index < -0.39 is 0 Å². The number of Topliss-reactive ketones (excluding diaryl/α,β-unsaturated/α-hetero) is 1. The first-order valence-corrected chi connectivity index (χ1v) is 8.83. The average Bonchev–Trinajstić information content (AvgIpc) is 2.69. The van der Waals surface area contributed by atoms with E-state index in [-0.39, 0.29) is 11.3 Å². The molecule has 0 aliphatic heterocycles. The van der Waals surface area contributed by atoms with Gasteiger partial charge >= 0.3 is 0 Å². The van der Waals surface area contributed by atoms with Crippen LogP contribution in [0, 0.1) is 0 Å². The predicted molar refractivity (Wildman–Crippen MR) is 108 cm³/mol. The lowest BCUT2D eigenvalue weighted by molar-refractivity contribution is 0.101. The number of para-hydroxylation sites is 1. The fraction of sp³-hybridized carbons (Fsp3) is 0.0455. The molecule has 27 heavy (non-hydrogen) atoms. The van der Waals surface area contributed by atoms with Crippen molar-refractivity contribution in [2.75, 3.05) is 0 Å². The Morgan fingerprint density at radius 2 is 1.56 bits per heavy atom. The van der Waals surface area contributed by atoms with Gasteiger partial charge in [0.05, 0.1) is 21.8 Å². The van der Waals surface area contributed by atoms with E-state index in [1.807, 2.05) is 42.5 Å². The number of rotatable bonds is 3. The van der Waals surface area contributed by atoms with Crippen LogP contribution in [0.15, 0.2) is 77.6 Å². The number of aromatic nitrogens is 2. The van der Waals surface area contributed by atoms with Gasteiger partial charge in [0.1, 0.15) is 0 Å². The van der Waals surface area contributed by atoms with Crippen molar-refractivity contribution in [1.82, 2.24) is 9.78 Å². The first-order valence-electron chi connectivity index (χ1n) is 8.45. The van der Waals surface area contributed by atoms with Crippen LogP contribution in [0.4, 0.5) is 0 Å². The van der Waals surface area contributed by atoms with Crippen molar-refractivity contribution in [2.45, 2.75) is 6.92 Å². The lowest BCUT2D eigenvalue weighted by Gasteiger charge is -2.14. The molecule has 0 spiro atoms. The van der Waals surface area contributed by atoms with Gasteiger partial charge in [-0.3, -0.25) is 9.59 Å². The van der Waals surface area contributed by atoms with Gasteiger partial charge in [-0.25, -0.2) is 0 Å². The second kappa shape index (κ2) is 6.82. The van der Waals surface area contributed by atoms with Crippen LogP contribution in [-0.2, 0) is 0 Å². The van der Waals surface area contributed by atoms with Crippen LogP contribution in [0.25, 0.3) is 27.7 Å². The van der Waals surface area contributed by atoms with Crippen molar-refractivity contribution in [3.8, 4) is 16.9 Å². The molecule has 0 N–H and O–H groups in total. The Labute approximate surface area is 160 Å². The van der Waals surface area contributed by atoms with Crippen molar-refractivity contribution in [3.63, 3.8) is 0 Å². The number of fused-ring (bicyclic) bond motifs is 1. The molecule has 4 rings (SSSR count). The third-order valence-electron chi connectivity index (χ3n) is 4.43. The molecule has 0 radical (unpaired) electrons. The molecule has 0 saturated carbocycles. The molecular weight excluding hydrogens is 360 g/mol. The Hall–Kier alpha value is -3.24. The molecule has 1 heterocycles. The number of nitrogens with zero attached hydrogens (tertiary/aromatic N) is 2. The molecule has 0 fully saturated rings. The normalized spacial score (nSPS) is 10.9. The van der Waals surface area contributed by atoms with E-state index >= 15 is 0 Å². The fourth-order valence-corrected chi connectivity index (χ4v) is 3.42. The Morgan fingerprint density at radius 3 is 2.26 bits per heavy atom. The summed E-state index contributed by atoms with van der Waals surface area (Å²) in [4.78, 5) is 25.3. The summed E-state index contributed by atoms with van der Waals surface area (Å²) >= 11 is 6.38. The largest absolute Gasteiger partial charge is 0.294 e. The van der Waals surface area contributed by atoms with Gasteiger partial charge in [-0.05, 0) is 25.1 Å². The molecule has 0 saturated heterocycles. The van der Waals surface area contributed by atoms with Gasteiger partial charge in [-0.15, -0.1) is 0 Å². The lowest BCUT2D eigenvalue weighted by atomic mass is 10.0. The SMILES string of the molecule is CC(=O)c1cccc(Cl)c1-n1nc(-c2ccccc2)c2ccccc2c1=O. The highest BCUT2D eigenvalue weighted by atomic mass is 35.5. The van der Waals surface area contributed by atoms with Crippen molar-refractivity contribution in [3.05, 3.63) is 93.7 Å². The third kappa shape index (κ3) is 2.94. The summed E-state index contributed by atoms with van der Waals surface area (Å²) in [6.07, 6.45) is 0. The number of carbonyl (C=O) groups is 1. The summed E-state index contributed by atoms with van der Waals surface area (Å²) < 4.78 is 1.24. The standard InChI is InChI=1S/C22H15ClN2O2/c1-14(26)16-12-7-13-19(23)21(16)25-22(27)18-11-6-5-10-17(18)20(24-25)15-8-3-2-4-9-15/h2-13H,1H3. The fourth-order valence-electron chi connectivity index (χ4n) is 3.16. The topological polar surface area (TPSA) is 52.0 Å². The molecule has 4 nitrogen and oxygen atoms in total. The smallest absolute Gasteiger partial charge is 0.279 e. The maximum absolute atomic E-state index is 13.2. The van der Waals surface area contributed by atoms with E-state index in [9.17, 15) is 9.59 Å². The van der Waals surface area contributed by atoms with Crippen LogP contribution in [0.2, 0.25) is 5.02 Å². The number of benzene rings is 3. The predicted octanol–water partition coefficient (Wildman–Crippen LogP) is 4.91. The molecular formula is C22H15ClN2O2. The van der Waals surface area contributed by atoms with Gasteiger partial charge in [0, 0.05) is 16.5 Å². The quantitative estimate of drug-likeness (QED) is 0.479. The summed E-state index contributed by atoms with van der Waals surface area (Å²) in [7, 11) is 0. The van der Waals surface area contributed by atoms with Crippen molar-refractivity contribution < 1.29 is 4.79 Å². The Bertz CT molecular complexity index is 1230. The molecule has 4 aromatic rings. The molecule has 0 amide bonds. The minimum Gasteiger partial charge on any atom is -0.294 e. The number of hydrogen-bond acceptors (Lipinski definition) is 3. The highest BCUT2D eigenvalue weighted by Gasteiger charge is 2.19. The van der Waals surface area contributed by atoms with Gasteiger partial charge in [0.25, 0.3) is 5.56 Å². The molecule has 132 valence electrons. The second-order valence-corrected chi connectivity index (χ2v) is 6.58. The second-order valence-electron chi connectivity index (χ2n) is 6.17. The monoisotopic (exact) mass is 374 g/mol. The van der Waals surface area contributed by atoms with Crippen LogP contribution in [0.5, 0.6) is 0 Å². The van der Waals surface area contributed by atoms with E-state index in [1.165, 1.54) is 11.6 Å². The van der Waals surface area contributed by atoms with E-state index in [4.69, 9.17) is 11.6 Å². The van der Waals surface area contributed by atoms with Crippen molar-refractivity contribution >= 4 is 28.2 Å². The Balaban J connectivity index is 2.15. The lowest BCUT2D eigenvalue weighted by Crippen LogP contribution is -2.24. The maximum Gasteiger partial charge on any atom is 0.279 e. The molecule has 0 unspecified atom stereocenters. The zero-order valence-electron chi connectivity index (χ0n) is 14.5. The van der Waals surface area contributed by atoms with Gasteiger partial charge in [-0.2, -0.15) is 9.78 Å². The van der Waals surface area contributed by atoms with Crippen molar-refractivity contribution in [2.24, 2.45) is 0 Å². The Kier molecular flexibility index (Phi) is 4.34. The van der Waals surface area contributed by atoms with E-state index in [0.29, 0.717) is 27.4 Å². The molecule has 1 aromatic heterocycles. The highest BCUT2D eigenvalue weighted by Crippen LogP contribution is 2.28. The van der Waals surface area contributed by atoms with Gasteiger partial charge in [0.15, 0.2) is 5.78 Å². The van der Waals surface area contributed by atoms with Gasteiger partial charge < -0.3 is 0 Å². The first kappa shape index (κ1) is 17.2. The zero-order chi connectivity index (χ0) is 19.0. The van der Waals surface area contributed by atoms with Crippen LogP contribution in [-0.4, -0.2) is 15.6 Å². The third-order valence-corrected chi connectivity index (χ3v) is 4.74. The Morgan fingerprint density at radius 1 is 0.889 bits per heavy atom. The molecule has 5 heteroatoms. The summed E-state index contributed by atoms with van der Waals surface area (Å²) in [6.45, 7) is 1.44. The van der Waals surface area contributed by atoms with Crippen LogP contribution in [0.3, 0.4) is 0 Å². The molecule has 0 aliphatic carbocycles. The van der Waals surface area contributed by atoms with Crippen molar-refractivity contribution in [1.29, 1.82) is 0 Å². The first-order chi connectivity index (χ1) is 13.1. The summed E-state index contributed by atoms with van der Waals surface area (Å²) in [5.74, 6) is -0.185. The van der Waals surface area contributed by atoms with Gasteiger partial charge in [-0.1, -0.05) is 66.2 Å². The van der Waals surface area contributed by atoms with Crippen LogP contribution >= 0.6 is 11.6 Å². The number of hydrogen-bond donors (Lipinski definition) is 0. The molecule has 0 atom stereocenters. The van der Waals surface area contributed by atoms with E-state index in [0.717, 1.165) is 10.9 Å². The summed E-state index contributed by atoms with van der Waals surface area (Å²) in [6, 6.07) is 21.9. The van der Waals surface area contributed by atoms with Crippen LogP contribution < -0.4 is 5.56 Å². The molecule has 0 aliphatic rings. The van der Waals surface area contributed by atoms with Gasteiger partial charge in [0.2, 0.25) is 0 Å². The number of ketones is 1. The number of carbonyl (C=O) groups excluding carboxylic acids is 1. The zero-order valence-corrected chi connectivity index (χ0v) is 15.3. The summed E-state index contributed by atoms with van der Waals surface area (Å²) in [5.41, 5.74) is 1.87.